The highest BCUT2D eigenvalue weighted by atomic mass is 32.1. The summed E-state index contributed by atoms with van der Waals surface area (Å²) in [4.78, 5) is 27.4. The third-order valence-electron chi connectivity index (χ3n) is 4.86. The number of carbonyl (C=O) groups is 2. The molecule has 28 heavy (non-hydrogen) atoms. The zero-order valence-corrected chi connectivity index (χ0v) is 16.8. The van der Waals surface area contributed by atoms with E-state index in [4.69, 9.17) is 10.5 Å². The topological polar surface area (TPSA) is 84.7 Å². The largest absolute Gasteiger partial charge is 0.494 e. The van der Waals surface area contributed by atoms with Crippen LogP contribution in [0.15, 0.2) is 18.2 Å². The quantitative estimate of drug-likeness (QED) is 0.707. The molecule has 0 aliphatic heterocycles. The van der Waals surface area contributed by atoms with E-state index in [0.29, 0.717) is 23.7 Å². The average Bonchev–Trinajstić information content (AvgIpc) is 3.21. The normalized spacial score (nSPS) is 12.9. The standard InChI is InChI=1S/C20H24FN3O3S/c1-3-24(10-12-7-8-15(27-2)14(21)9-12)11-17(25)23-20-18(19(22)26)13-5-4-6-16(13)28-20/h7-9H,3-6,10-11H2,1-2H3,(H2,22,26)(H,23,25). The fourth-order valence-electron chi connectivity index (χ4n) is 3.47. The Morgan fingerprint density at radius 2 is 2.14 bits per heavy atom. The van der Waals surface area contributed by atoms with E-state index in [-0.39, 0.29) is 18.2 Å². The van der Waals surface area contributed by atoms with Crippen molar-refractivity contribution in [3.63, 3.8) is 0 Å². The number of ether oxygens (including phenoxy) is 1. The van der Waals surface area contributed by atoms with Crippen molar-refractivity contribution in [3.8, 4) is 5.75 Å². The predicted molar refractivity (Wildman–Crippen MR) is 107 cm³/mol. The van der Waals surface area contributed by atoms with Crippen LogP contribution < -0.4 is 15.8 Å². The van der Waals surface area contributed by atoms with Crippen LogP contribution in [0.4, 0.5) is 9.39 Å². The first-order chi connectivity index (χ1) is 13.4. The van der Waals surface area contributed by atoms with Crippen LogP contribution in [0.25, 0.3) is 0 Å². The monoisotopic (exact) mass is 405 g/mol. The van der Waals surface area contributed by atoms with Crippen LogP contribution in [0.1, 0.15) is 39.7 Å². The Morgan fingerprint density at radius 1 is 1.36 bits per heavy atom. The molecule has 1 aromatic carbocycles. The summed E-state index contributed by atoms with van der Waals surface area (Å²) in [5.74, 6) is -0.969. The molecule has 1 aromatic heterocycles. The Morgan fingerprint density at radius 3 is 2.79 bits per heavy atom. The fraction of sp³-hybridized carbons (Fsp3) is 0.400. The van der Waals surface area contributed by atoms with Gasteiger partial charge in [-0.15, -0.1) is 11.3 Å². The number of anilines is 1. The van der Waals surface area contributed by atoms with E-state index < -0.39 is 11.7 Å². The number of rotatable bonds is 8. The van der Waals surface area contributed by atoms with Crippen molar-refractivity contribution >= 4 is 28.2 Å². The Bertz CT molecular complexity index is 897. The van der Waals surface area contributed by atoms with Crippen molar-refractivity contribution in [1.82, 2.24) is 4.90 Å². The van der Waals surface area contributed by atoms with E-state index in [1.54, 1.807) is 12.1 Å². The van der Waals surface area contributed by atoms with Gasteiger partial charge >= 0.3 is 0 Å². The molecular weight excluding hydrogens is 381 g/mol. The molecule has 3 N–H and O–H groups in total. The van der Waals surface area contributed by atoms with Gasteiger partial charge in [-0.05, 0) is 49.1 Å². The van der Waals surface area contributed by atoms with Gasteiger partial charge < -0.3 is 15.8 Å². The maximum absolute atomic E-state index is 13.9. The lowest BCUT2D eigenvalue weighted by atomic mass is 10.1. The Labute approximate surface area is 167 Å². The number of thiophene rings is 1. The van der Waals surface area contributed by atoms with Crippen molar-refractivity contribution in [1.29, 1.82) is 0 Å². The minimum atomic E-state index is -0.504. The van der Waals surface area contributed by atoms with Gasteiger partial charge in [-0.1, -0.05) is 13.0 Å². The molecule has 8 heteroatoms. The van der Waals surface area contributed by atoms with E-state index >= 15 is 0 Å². The van der Waals surface area contributed by atoms with Crippen molar-refractivity contribution in [3.05, 3.63) is 45.6 Å². The first kappa shape index (κ1) is 20.3. The van der Waals surface area contributed by atoms with E-state index in [1.165, 1.54) is 24.5 Å². The Balaban J connectivity index is 1.66. The number of methoxy groups -OCH3 is 1. The third kappa shape index (κ3) is 4.34. The lowest BCUT2D eigenvalue weighted by molar-refractivity contribution is -0.117. The number of benzene rings is 1. The summed E-state index contributed by atoms with van der Waals surface area (Å²) in [6.07, 6.45) is 2.75. The fourth-order valence-corrected chi connectivity index (χ4v) is 4.78. The molecular formula is C20H24FN3O3S. The summed E-state index contributed by atoms with van der Waals surface area (Å²) in [7, 11) is 1.42. The maximum atomic E-state index is 13.9. The summed E-state index contributed by atoms with van der Waals surface area (Å²) < 4.78 is 18.8. The Hall–Kier alpha value is -2.45. The van der Waals surface area contributed by atoms with Crippen LogP contribution in [0.3, 0.4) is 0 Å². The van der Waals surface area contributed by atoms with Gasteiger partial charge in [0.25, 0.3) is 5.91 Å². The van der Waals surface area contributed by atoms with Crippen LogP contribution in [0.2, 0.25) is 0 Å². The zero-order chi connectivity index (χ0) is 20.3. The molecule has 1 aliphatic carbocycles. The number of hydrogen-bond acceptors (Lipinski definition) is 5. The van der Waals surface area contributed by atoms with Crippen molar-refractivity contribution < 1.29 is 18.7 Å². The number of hydrogen-bond donors (Lipinski definition) is 2. The first-order valence-electron chi connectivity index (χ1n) is 9.21. The number of nitrogens with zero attached hydrogens (tertiary/aromatic N) is 1. The minimum absolute atomic E-state index is 0.130. The molecule has 150 valence electrons. The molecule has 3 rings (SSSR count). The molecule has 0 unspecified atom stereocenters. The molecule has 1 heterocycles. The molecule has 0 radical (unpaired) electrons. The highest BCUT2D eigenvalue weighted by molar-refractivity contribution is 7.17. The van der Waals surface area contributed by atoms with E-state index in [9.17, 15) is 14.0 Å². The van der Waals surface area contributed by atoms with Gasteiger partial charge in [-0.3, -0.25) is 14.5 Å². The van der Waals surface area contributed by atoms with Crippen molar-refractivity contribution in [2.75, 3.05) is 25.5 Å². The molecule has 0 bridgehead atoms. The van der Waals surface area contributed by atoms with Crippen molar-refractivity contribution in [2.24, 2.45) is 5.73 Å². The summed E-state index contributed by atoms with van der Waals surface area (Å²) in [5.41, 5.74) is 7.72. The van der Waals surface area contributed by atoms with Crippen LogP contribution in [0.5, 0.6) is 5.75 Å². The molecule has 0 atom stereocenters. The highest BCUT2D eigenvalue weighted by Gasteiger charge is 2.26. The van der Waals surface area contributed by atoms with Gasteiger partial charge in [-0.2, -0.15) is 0 Å². The second-order valence-corrected chi connectivity index (χ2v) is 7.85. The molecule has 0 saturated carbocycles. The second-order valence-electron chi connectivity index (χ2n) is 6.75. The van der Waals surface area contributed by atoms with Crippen LogP contribution in [0, 0.1) is 5.82 Å². The number of primary amides is 1. The maximum Gasteiger partial charge on any atom is 0.251 e. The predicted octanol–water partition coefficient (Wildman–Crippen LogP) is 2.94. The molecule has 2 amide bonds. The van der Waals surface area contributed by atoms with Crippen molar-refractivity contribution in [2.45, 2.75) is 32.7 Å². The minimum Gasteiger partial charge on any atom is -0.494 e. The van der Waals surface area contributed by atoms with E-state index in [2.05, 4.69) is 5.32 Å². The number of fused-ring (bicyclic) bond motifs is 1. The molecule has 6 nitrogen and oxygen atoms in total. The number of nitrogens with one attached hydrogen (secondary N) is 1. The SMILES string of the molecule is CCN(CC(=O)Nc1sc2c(c1C(N)=O)CCC2)Cc1ccc(OC)c(F)c1. The summed E-state index contributed by atoms with van der Waals surface area (Å²) in [6, 6.07) is 4.76. The number of nitrogens with two attached hydrogens (primary N) is 1. The van der Waals surface area contributed by atoms with E-state index in [0.717, 1.165) is 35.3 Å². The number of likely N-dealkylation sites (N-methyl/N-ethyl adjacent to an activating group) is 1. The summed E-state index contributed by atoms with van der Waals surface area (Å²) in [6.45, 7) is 3.10. The zero-order valence-electron chi connectivity index (χ0n) is 16.0. The van der Waals surface area contributed by atoms with Crippen LogP contribution in [-0.4, -0.2) is 36.9 Å². The molecule has 0 saturated heterocycles. The lowest BCUT2D eigenvalue weighted by Gasteiger charge is -2.20. The molecule has 0 spiro atoms. The number of aryl methyl sites for hydroxylation is 1. The Kier molecular flexibility index (Phi) is 6.31. The van der Waals surface area contributed by atoms with Gasteiger partial charge in [0.1, 0.15) is 5.00 Å². The molecule has 1 aliphatic rings. The number of carbonyl (C=O) groups excluding carboxylic acids is 2. The second kappa shape index (κ2) is 8.70. The summed E-state index contributed by atoms with van der Waals surface area (Å²) in [5, 5.41) is 3.38. The van der Waals surface area contributed by atoms with Gasteiger partial charge in [0, 0.05) is 11.4 Å². The molecule has 0 fully saturated rings. The van der Waals surface area contributed by atoms with Crippen LogP contribution >= 0.6 is 11.3 Å². The van der Waals surface area contributed by atoms with Gasteiger partial charge in [0.2, 0.25) is 5.91 Å². The van der Waals surface area contributed by atoms with Gasteiger partial charge in [-0.25, -0.2) is 4.39 Å². The number of halogens is 1. The van der Waals surface area contributed by atoms with Gasteiger partial charge in [0.15, 0.2) is 11.6 Å². The van der Waals surface area contributed by atoms with Gasteiger partial charge in [0.05, 0.1) is 19.2 Å². The lowest BCUT2D eigenvalue weighted by Crippen LogP contribution is -2.33. The smallest absolute Gasteiger partial charge is 0.251 e. The number of amides is 2. The van der Waals surface area contributed by atoms with Crippen LogP contribution in [-0.2, 0) is 24.2 Å². The summed E-state index contributed by atoms with van der Waals surface area (Å²) >= 11 is 1.44. The molecule has 2 aromatic rings. The first-order valence-corrected chi connectivity index (χ1v) is 10.0. The highest BCUT2D eigenvalue weighted by Crippen LogP contribution is 2.38. The average molecular weight is 405 g/mol. The third-order valence-corrected chi connectivity index (χ3v) is 6.06. The van der Waals surface area contributed by atoms with E-state index in [1.807, 2.05) is 11.8 Å².